The molecule has 1 aliphatic heterocycles. The summed E-state index contributed by atoms with van der Waals surface area (Å²) in [4.78, 5) is 28.5. The van der Waals surface area contributed by atoms with E-state index in [9.17, 15) is 9.59 Å². The molecule has 0 aliphatic carbocycles. The zero-order valence-electron chi connectivity index (χ0n) is 9.07. The van der Waals surface area contributed by atoms with E-state index in [1.165, 1.54) is 6.20 Å². The highest BCUT2D eigenvalue weighted by Crippen LogP contribution is 2.18. The van der Waals surface area contributed by atoms with Crippen LogP contribution in [-0.4, -0.2) is 27.9 Å². The van der Waals surface area contributed by atoms with Crippen LogP contribution >= 0.6 is 0 Å². The number of amides is 2. The van der Waals surface area contributed by atoms with Crippen molar-refractivity contribution >= 4 is 11.9 Å². The Bertz CT molecular complexity index is 537. The minimum absolute atomic E-state index is 0.0872. The number of aryl methyl sites for hydroxylation is 1. The number of H-pyrrole nitrogens is 1. The van der Waals surface area contributed by atoms with Gasteiger partial charge in [-0.3, -0.25) is 10.7 Å². The molecular formula is C9H12N6O2. The van der Waals surface area contributed by atoms with E-state index < -0.39 is 23.8 Å². The van der Waals surface area contributed by atoms with Gasteiger partial charge >= 0.3 is 11.7 Å². The summed E-state index contributed by atoms with van der Waals surface area (Å²) in [5.74, 6) is -0.0872. The number of hydrogen-bond acceptors (Lipinski definition) is 5. The van der Waals surface area contributed by atoms with Crippen LogP contribution in [-0.2, 0) is 0 Å². The van der Waals surface area contributed by atoms with E-state index in [4.69, 9.17) is 11.1 Å². The van der Waals surface area contributed by atoms with E-state index in [0.717, 1.165) is 0 Å². The lowest BCUT2D eigenvalue weighted by Gasteiger charge is -2.31. The molecule has 2 amide bonds. The van der Waals surface area contributed by atoms with Gasteiger partial charge in [-0.15, -0.1) is 0 Å². The first-order valence-electron chi connectivity index (χ1n) is 4.96. The monoisotopic (exact) mass is 236 g/mol. The minimum atomic E-state index is -0.732. The molecule has 2 heterocycles. The molecule has 8 nitrogen and oxygen atoms in total. The Balaban J connectivity index is 2.44. The Morgan fingerprint density at radius 2 is 2.18 bits per heavy atom. The predicted octanol–water partition coefficient (Wildman–Crippen LogP) is -1.26. The van der Waals surface area contributed by atoms with E-state index in [-0.39, 0.29) is 5.84 Å². The van der Waals surface area contributed by atoms with Crippen molar-refractivity contribution in [2.45, 2.75) is 19.0 Å². The van der Waals surface area contributed by atoms with Crippen LogP contribution in [0, 0.1) is 12.3 Å². The first-order chi connectivity index (χ1) is 7.99. The van der Waals surface area contributed by atoms with Crippen LogP contribution in [0.1, 0.15) is 17.3 Å². The Labute approximate surface area is 96.1 Å². The van der Waals surface area contributed by atoms with E-state index in [1.54, 1.807) is 6.92 Å². The largest absolute Gasteiger partial charge is 0.345 e. The van der Waals surface area contributed by atoms with Gasteiger partial charge in [0.1, 0.15) is 5.84 Å². The van der Waals surface area contributed by atoms with E-state index in [1.807, 2.05) is 0 Å². The number of urea groups is 1. The molecule has 1 fully saturated rings. The SMILES string of the molecule is Cc1cnc(=O)[nH]c1C1NC(=O)NC(=N)[C@@H]1N. The summed E-state index contributed by atoms with van der Waals surface area (Å²) in [5.41, 5.74) is 6.44. The van der Waals surface area contributed by atoms with Crippen molar-refractivity contribution in [3.05, 3.63) is 27.9 Å². The highest BCUT2D eigenvalue weighted by atomic mass is 16.2. The van der Waals surface area contributed by atoms with Crippen molar-refractivity contribution in [3.63, 3.8) is 0 Å². The summed E-state index contributed by atoms with van der Waals surface area (Å²) < 4.78 is 0. The van der Waals surface area contributed by atoms with Gasteiger partial charge in [-0.05, 0) is 12.5 Å². The Kier molecular flexibility index (Phi) is 2.64. The smallest absolute Gasteiger partial charge is 0.327 e. The number of nitrogens with one attached hydrogen (secondary N) is 4. The number of nitrogens with zero attached hydrogens (tertiary/aromatic N) is 1. The lowest BCUT2D eigenvalue weighted by atomic mass is 9.99. The fraction of sp³-hybridized carbons (Fsp3) is 0.333. The number of aromatic nitrogens is 2. The van der Waals surface area contributed by atoms with Gasteiger partial charge in [-0.1, -0.05) is 0 Å². The summed E-state index contributed by atoms with van der Waals surface area (Å²) in [6.07, 6.45) is 1.40. The van der Waals surface area contributed by atoms with Gasteiger partial charge < -0.3 is 16.0 Å². The molecule has 0 spiro atoms. The summed E-state index contributed by atoms with van der Waals surface area (Å²) >= 11 is 0. The standard InChI is InChI=1S/C9H12N6O2/c1-3-2-12-8(16)13-5(3)6-4(10)7(11)15-9(17)14-6/h2,4,6H,10H2,1H3,(H,12,13,16)(H3,11,14,15,17)/t4-,6?/m1/s1. The van der Waals surface area contributed by atoms with Crippen LogP contribution in [0.3, 0.4) is 0 Å². The summed E-state index contributed by atoms with van der Waals surface area (Å²) in [6, 6.07) is -1.88. The second kappa shape index (κ2) is 3.98. The second-order valence-corrected chi connectivity index (χ2v) is 3.80. The fourth-order valence-electron chi connectivity index (χ4n) is 1.69. The van der Waals surface area contributed by atoms with E-state index in [0.29, 0.717) is 11.3 Å². The van der Waals surface area contributed by atoms with Crippen LogP contribution in [0.25, 0.3) is 0 Å². The highest BCUT2D eigenvalue weighted by molar-refractivity contribution is 6.01. The maximum atomic E-state index is 11.3. The van der Waals surface area contributed by atoms with Crippen molar-refractivity contribution < 1.29 is 4.79 Å². The molecule has 0 saturated carbocycles. The van der Waals surface area contributed by atoms with Crippen LogP contribution in [0.5, 0.6) is 0 Å². The molecule has 1 aromatic rings. The Morgan fingerprint density at radius 1 is 1.47 bits per heavy atom. The molecule has 8 heteroatoms. The molecule has 1 aromatic heterocycles. The zero-order chi connectivity index (χ0) is 12.6. The van der Waals surface area contributed by atoms with Gasteiger partial charge in [0.2, 0.25) is 0 Å². The van der Waals surface area contributed by atoms with E-state index in [2.05, 4.69) is 20.6 Å². The van der Waals surface area contributed by atoms with Gasteiger partial charge in [-0.2, -0.15) is 0 Å². The maximum Gasteiger partial charge on any atom is 0.345 e. The highest BCUT2D eigenvalue weighted by Gasteiger charge is 2.32. The molecule has 1 unspecified atom stereocenters. The lowest BCUT2D eigenvalue weighted by molar-refractivity contribution is 0.236. The van der Waals surface area contributed by atoms with Gasteiger partial charge in [0.25, 0.3) is 0 Å². The zero-order valence-corrected chi connectivity index (χ0v) is 9.07. The first kappa shape index (κ1) is 11.3. The van der Waals surface area contributed by atoms with Crippen LogP contribution in [0.15, 0.2) is 11.0 Å². The van der Waals surface area contributed by atoms with Gasteiger partial charge in [0, 0.05) is 11.9 Å². The lowest BCUT2D eigenvalue weighted by Crippen LogP contribution is -2.60. The molecule has 6 N–H and O–H groups in total. The van der Waals surface area contributed by atoms with Crippen molar-refractivity contribution in [2.75, 3.05) is 0 Å². The third-order valence-electron chi connectivity index (χ3n) is 2.58. The van der Waals surface area contributed by atoms with E-state index >= 15 is 0 Å². The van der Waals surface area contributed by atoms with Crippen LogP contribution in [0.2, 0.25) is 0 Å². The predicted molar refractivity (Wildman–Crippen MR) is 59.7 cm³/mol. The third-order valence-corrected chi connectivity index (χ3v) is 2.58. The number of rotatable bonds is 1. The van der Waals surface area contributed by atoms with Crippen molar-refractivity contribution in [2.24, 2.45) is 5.73 Å². The molecular weight excluding hydrogens is 224 g/mol. The molecule has 0 aromatic carbocycles. The molecule has 2 atom stereocenters. The molecule has 0 bridgehead atoms. The second-order valence-electron chi connectivity index (χ2n) is 3.80. The van der Waals surface area contributed by atoms with Gasteiger partial charge in [0.05, 0.1) is 12.1 Å². The molecule has 1 aliphatic rings. The van der Waals surface area contributed by atoms with Crippen LogP contribution in [0.4, 0.5) is 4.79 Å². The van der Waals surface area contributed by atoms with Crippen molar-refractivity contribution in [1.29, 1.82) is 5.41 Å². The fourth-order valence-corrected chi connectivity index (χ4v) is 1.69. The Hall–Kier alpha value is -2.22. The molecule has 0 radical (unpaired) electrons. The average Bonchev–Trinajstić information content (AvgIpc) is 2.27. The molecule has 17 heavy (non-hydrogen) atoms. The number of aromatic amines is 1. The number of amidine groups is 1. The number of nitrogens with two attached hydrogens (primary N) is 1. The number of hydrogen-bond donors (Lipinski definition) is 5. The number of carbonyl (C=O) groups is 1. The molecule has 2 rings (SSSR count). The number of carbonyl (C=O) groups excluding carboxylic acids is 1. The van der Waals surface area contributed by atoms with Crippen molar-refractivity contribution in [1.82, 2.24) is 20.6 Å². The average molecular weight is 236 g/mol. The van der Waals surface area contributed by atoms with Crippen molar-refractivity contribution in [3.8, 4) is 0 Å². The summed E-state index contributed by atoms with van der Waals surface area (Å²) in [5, 5.41) is 12.4. The molecule has 90 valence electrons. The molecule has 1 saturated heterocycles. The Morgan fingerprint density at radius 3 is 2.88 bits per heavy atom. The minimum Gasteiger partial charge on any atom is -0.327 e. The first-order valence-corrected chi connectivity index (χ1v) is 4.96. The third kappa shape index (κ3) is 2.02. The van der Waals surface area contributed by atoms with Gasteiger partial charge in [-0.25, -0.2) is 14.6 Å². The van der Waals surface area contributed by atoms with Crippen LogP contribution < -0.4 is 22.1 Å². The summed E-state index contributed by atoms with van der Waals surface area (Å²) in [7, 11) is 0. The quantitative estimate of drug-likeness (QED) is 0.415. The van der Waals surface area contributed by atoms with Gasteiger partial charge in [0.15, 0.2) is 0 Å². The topological polar surface area (TPSA) is 137 Å². The summed E-state index contributed by atoms with van der Waals surface area (Å²) in [6.45, 7) is 1.74. The maximum absolute atomic E-state index is 11.3. The normalized spacial score (nSPS) is 24.1.